The Kier molecular flexibility index (Phi) is 5.39. The summed E-state index contributed by atoms with van der Waals surface area (Å²) in [6.07, 6.45) is 2.22. The monoisotopic (exact) mass is 329 g/mol. The number of benzene rings is 1. The molecule has 1 aromatic heterocycles. The van der Waals surface area contributed by atoms with E-state index in [1.807, 2.05) is 38.1 Å². The second kappa shape index (κ2) is 7.29. The van der Waals surface area contributed by atoms with E-state index in [0.29, 0.717) is 12.0 Å². The van der Waals surface area contributed by atoms with Gasteiger partial charge in [0.05, 0.1) is 29.1 Å². The summed E-state index contributed by atoms with van der Waals surface area (Å²) in [6, 6.07) is 7.86. The largest absolute Gasteiger partial charge is 0.481 e. The highest BCUT2D eigenvalue weighted by atomic mass is 16.4. The van der Waals surface area contributed by atoms with E-state index in [4.69, 9.17) is 5.11 Å². The van der Waals surface area contributed by atoms with E-state index in [9.17, 15) is 9.59 Å². The van der Waals surface area contributed by atoms with Crippen molar-refractivity contribution < 1.29 is 14.7 Å². The van der Waals surface area contributed by atoms with Gasteiger partial charge < -0.3 is 10.0 Å². The molecule has 1 unspecified atom stereocenters. The summed E-state index contributed by atoms with van der Waals surface area (Å²) in [7, 11) is 1.62. The molecule has 2 rings (SSSR count). The van der Waals surface area contributed by atoms with E-state index < -0.39 is 11.9 Å². The Labute approximate surface area is 141 Å². The molecule has 1 heterocycles. The Hall–Kier alpha value is -2.63. The summed E-state index contributed by atoms with van der Waals surface area (Å²) in [5.74, 6) is -1.74. The predicted octanol–water partition coefficient (Wildman–Crippen LogP) is 2.54. The van der Waals surface area contributed by atoms with E-state index >= 15 is 0 Å². The highest BCUT2D eigenvalue weighted by Gasteiger charge is 2.23. The van der Waals surface area contributed by atoms with Crippen molar-refractivity contribution in [3.8, 4) is 5.69 Å². The second-order valence-electron chi connectivity index (χ2n) is 5.98. The van der Waals surface area contributed by atoms with Gasteiger partial charge in [-0.05, 0) is 25.0 Å². The van der Waals surface area contributed by atoms with Crippen LogP contribution in [0.25, 0.3) is 5.69 Å². The molecule has 0 bridgehead atoms. The van der Waals surface area contributed by atoms with Gasteiger partial charge in [-0.3, -0.25) is 9.59 Å². The molecule has 1 aromatic carbocycles. The van der Waals surface area contributed by atoms with Crippen LogP contribution in [0.3, 0.4) is 0 Å². The Morgan fingerprint density at radius 1 is 1.33 bits per heavy atom. The number of amides is 1. The SMILES string of the molecule is CCc1c(C(=O)N(C)CC(C)C(=O)O)cnn1-c1ccccc1C. The van der Waals surface area contributed by atoms with Gasteiger partial charge in [0.15, 0.2) is 0 Å². The maximum absolute atomic E-state index is 12.7. The molecule has 1 atom stereocenters. The van der Waals surface area contributed by atoms with Crippen LogP contribution < -0.4 is 0 Å². The number of hydrogen-bond donors (Lipinski definition) is 1. The van der Waals surface area contributed by atoms with Gasteiger partial charge in [0.2, 0.25) is 0 Å². The van der Waals surface area contributed by atoms with Crippen molar-refractivity contribution in [3.05, 3.63) is 47.3 Å². The van der Waals surface area contributed by atoms with E-state index in [1.165, 1.54) is 4.90 Å². The molecule has 0 radical (unpaired) electrons. The van der Waals surface area contributed by atoms with Crippen molar-refractivity contribution in [2.24, 2.45) is 5.92 Å². The molecule has 6 nitrogen and oxygen atoms in total. The fourth-order valence-electron chi connectivity index (χ4n) is 2.68. The highest BCUT2D eigenvalue weighted by Crippen LogP contribution is 2.20. The third-order valence-electron chi connectivity index (χ3n) is 4.09. The number of aryl methyl sites for hydroxylation is 1. The average Bonchev–Trinajstić information content (AvgIpc) is 2.97. The molecule has 2 aromatic rings. The zero-order valence-corrected chi connectivity index (χ0v) is 14.5. The molecule has 24 heavy (non-hydrogen) atoms. The lowest BCUT2D eigenvalue weighted by Crippen LogP contribution is -2.34. The van der Waals surface area contributed by atoms with Crippen LogP contribution in [0.4, 0.5) is 0 Å². The second-order valence-corrected chi connectivity index (χ2v) is 5.98. The molecule has 1 amide bonds. The summed E-state index contributed by atoms with van der Waals surface area (Å²) >= 11 is 0. The predicted molar refractivity (Wildman–Crippen MR) is 91.4 cm³/mol. The summed E-state index contributed by atoms with van der Waals surface area (Å²) in [5.41, 5.74) is 3.35. The van der Waals surface area contributed by atoms with Crippen LogP contribution in [-0.2, 0) is 11.2 Å². The summed E-state index contributed by atoms with van der Waals surface area (Å²) < 4.78 is 1.79. The fraction of sp³-hybridized carbons (Fsp3) is 0.389. The van der Waals surface area contributed by atoms with Crippen molar-refractivity contribution >= 4 is 11.9 Å². The number of nitrogens with zero attached hydrogens (tertiary/aromatic N) is 3. The number of para-hydroxylation sites is 1. The average molecular weight is 329 g/mol. The molecule has 0 saturated heterocycles. The standard InChI is InChI=1S/C18H23N3O3/c1-5-15-14(17(22)20(4)11-13(3)18(23)24)10-19-21(15)16-9-7-6-8-12(16)2/h6-10,13H,5,11H2,1-4H3,(H,23,24). The smallest absolute Gasteiger partial charge is 0.308 e. The molecule has 0 saturated carbocycles. The number of aliphatic carboxylic acids is 1. The number of rotatable bonds is 6. The minimum absolute atomic E-state index is 0.160. The highest BCUT2D eigenvalue weighted by molar-refractivity contribution is 5.95. The van der Waals surface area contributed by atoms with Gasteiger partial charge in [-0.2, -0.15) is 5.10 Å². The van der Waals surface area contributed by atoms with Gasteiger partial charge >= 0.3 is 5.97 Å². The minimum atomic E-state index is -0.916. The first-order chi connectivity index (χ1) is 11.4. The Bertz CT molecular complexity index is 752. The van der Waals surface area contributed by atoms with Crippen LogP contribution in [-0.4, -0.2) is 45.3 Å². The molecule has 128 valence electrons. The number of carboxylic acids is 1. The topological polar surface area (TPSA) is 75.4 Å². The van der Waals surface area contributed by atoms with Gasteiger partial charge in [-0.1, -0.05) is 32.0 Å². The molecule has 0 spiro atoms. The Balaban J connectivity index is 2.34. The zero-order valence-electron chi connectivity index (χ0n) is 14.5. The van der Waals surface area contributed by atoms with Crippen molar-refractivity contribution in [2.75, 3.05) is 13.6 Å². The van der Waals surface area contributed by atoms with Crippen molar-refractivity contribution in [3.63, 3.8) is 0 Å². The molecule has 1 N–H and O–H groups in total. The van der Waals surface area contributed by atoms with Gasteiger partial charge in [-0.15, -0.1) is 0 Å². The maximum Gasteiger partial charge on any atom is 0.308 e. The van der Waals surface area contributed by atoms with Gasteiger partial charge in [0.1, 0.15) is 0 Å². The van der Waals surface area contributed by atoms with Gasteiger partial charge in [-0.25, -0.2) is 4.68 Å². The number of hydrogen-bond acceptors (Lipinski definition) is 3. The first-order valence-electron chi connectivity index (χ1n) is 7.98. The Morgan fingerprint density at radius 2 is 2.00 bits per heavy atom. The van der Waals surface area contributed by atoms with Crippen LogP contribution >= 0.6 is 0 Å². The van der Waals surface area contributed by atoms with Gasteiger partial charge in [0.25, 0.3) is 5.91 Å². The van der Waals surface area contributed by atoms with E-state index in [0.717, 1.165) is 16.9 Å². The first kappa shape index (κ1) is 17.7. The van der Waals surface area contributed by atoms with Crippen molar-refractivity contribution in [2.45, 2.75) is 27.2 Å². The lowest BCUT2D eigenvalue weighted by molar-refractivity contribution is -0.141. The van der Waals surface area contributed by atoms with Crippen LogP contribution in [0, 0.1) is 12.8 Å². The summed E-state index contributed by atoms with van der Waals surface area (Å²) in [4.78, 5) is 25.1. The lowest BCUT2D eigenvalue weighted by atomic mass is 10.1. The third-order valence-corrected chi connectivity index (χ3v) is 4.09. The third kappa shape index (κ3) is 3.48. The van der Waals surface area contributed by atoms with E-state index in [-0.39, 0.29) is 12.5 Å². The maximum atomic E-state index is 12.7. The zero-order chi connectivity index (χ0) is 17.9. The number of carboxylic acid groups (broad SMARTS) is 1. The molecule has 0 aliphatic carbocycles. The van der Waals surface area contributed by atoms with Crippen LogP contribution in [0.1, 0.15) is 35.5 Å². The normalized spacial score (nSPS) is 12.0. The van der Waals surface area contributed by atoms with Crippen molar-refractivity contribution in [1.82, 2.24) is 14.7 Å². The number of carbonyl (C=O) groups excluding carboxylic acids is 1. The van der Waals surface area contributed by atoms with Crippen LogP contribution in [0.15, 0.2) is 30.5 Å². The minimum Gasteiger partial charge on any atom is -0.481 e. The number of aromatic nitrogens is 2. The number of carbonyl (C=O) groups is 2. The van der Waals surface area contributed by atoms with Crippen LogP contribution in [0.2, 0.25) is 0 Å². The molecule has 0 aliphatic heterocycles. The lowest BCUT2D eigenvalue weighted by Gasteiger charge is -2.19. The summed E-state index contributed by atoms with van der Waals surface area (Å²) in [5, 5.41) is 13.4. The molecule has 6 heteroatoms. The Morgan fingerprint density at radius 3 is 2.58 bits per heavy atom. The molecular weight excluding hydrogens is 306 g/mol. The van der Waals surface area contributed by atoms with Crippen molar-refractivity contribution in [1.29, 1.82) is 0 Å². The fourth-order valence-corrected chi connectivity index (χ4v) is 2.68. The quantitative estimate of drug-likeness (QED) is 0.883. The first-order valence-corrected chi connectivity index (χ1v) is 7.98. The van der Waals surface area contributed by atoms with E-state index in [1.54, 1.807) is 24.9 Å². The van der Waals surface area contributed by atoms with E-state index in [2.05, 4.69) is 5.10 Å². The molecular formula is C18H23N3O3. The molecule has 0 fully saturated rings. The molecule has 0 aliphatic rings. The summed E-state index contributed by atoms with van der Waals surface area (Å²) in [6.45, 7) is 5.72. The van der Waals surface area contributed by atoms with Crippen LogP contribution in [0.5, 0.6) is 0 Å². The van der Waals surface area contributed by atoms with Gasteiger partial charge in [0, 0.05) is 13.6 Å².